The van der Waals surface area contributed by atoms with E-state index in [1.165, 1.54) is 29.5 Å². The van der Waals surface area contributed by atoms with E-state index >= 15 is 0 Å². The Morgan fingerprint density at radius 1 is 0.853 bits per heavy atom. The summed E-state index contributed by atoms with van der Waals surface area (Å²) >= 11 is 0. The zero-order chi connectivity index (χ0) is 23.1. The number of aromatic nitrogens is 1. The van der Waals surface area contributed by atoms with Crippen LogP contribution in [-0.2, 0) is 19.4 Å². The molecule has 2 heterocycles. The average Bonchev–Trinajstić information content (AvgIpc) is 3.29. The third kappa shape index (κ3) is 3.60. The molecule has 1 atom stereocenters. The second-order valence-electron chi connectivity index (χ2n) is 9.45. The van der Waals surface area contributed by atoms with Gasteiger partial charge in [-0.25, -0.2) is 4.79 Å². The third-order valence-electron chi connectivity index (χ3n) is 7.26. The van der Waals surface area contributed by atoms with Crippen LogP contribution in [0.4, 0.5) is 10.5 Å². The van der Waals surface area contributed by atoms with Crippen LogP contribution < -0.4 is 5.32 Å². The molecule has 1 N–H and O–H groups in total. The van der Waals surface area contributed by atoms with E-state index in [1.54, 1.807) is 0 Å². The first-order valence-electron chi connectivity index (χ1n) is 12.2. The van der Waals surface area contributed by atoms with Crippen LogP contribution in [0.3, 0.4) is 0 Å². The van der Waals surface area contributed by atoms with Gasteiger partial charge in [0.2, 0.25) is 0 Å². The number of carbonyl (C=O) groups excluding carboxylic acids is 1. The number of benzene rings is 3. The fourth-order valence-corrected chi connectivity index (χ4v) is 5.52. The van der Waals surface area contributed by atoms with E-state index in [9.17, 15) is 4.79 Å². The van der Waals surface area contributed by atoms with Crippen molar-refractivity contribution in [3.05, 3.63) is 119 Å². The smallest absolute Gasteiger partial charge is 0.318 e. The Morgan fingerprint density at radius 2 is 1.65 bits per heavy atom. The average molecular weight is 448 g/mol. The van der Waals surface area contributed by atoms with Crippen molar-refractivity contribution in [1.82, 2.24) is 9.47 Å². The van der Waals surface area contributed by atoms with Gasteiger partial charge in [-0.3, -0.25) is 0 Å². The molecule has 0 radical (unpaired) electrons. The van der Waals surface area contributed by atoms with Crippen molar-refractivity contribution in [2.24, 2.45) is 0 Å². The summed E-state index contributed by atoms with van der Waals surface area (Å²) in [6, 6.07) is 27.2. The molecule has 1 aliphatic carbocycles. The van der Waals surface area contributed by atoms with E-state index in [0.717, 1.165) is 41.0 Å². The summed E-state index contributed by atoms with van der Waals surface area (Å²) in [6.45, 7) is 2.63. The van der Waals surface area contributed by atoms with Crippen molar-refractivity contribution in [1.29, 1.82) is 0 Å². The molecule has 6 rings (SSSR count). The Balaban J connectivity index is 1.45. The minimum absolute atomic E-state index is 0.0611. The Kier molecular flexibility index (Phi) is 5.21. The SMILES string of the molecule is Cc1ccc([C@@H]2c3cccn3-c3ccccc3CN2C(=O)Nc2cccc3c2CCCC3)cc1. The first-order valence-corrected chi connectivity index (χ1v) is 12.2. The van der Waals surface area contributed by atoms with Gasteiger partial charge in [0.05, 0.1) is 18.3 Å². The van der Waals surface area contributed by atoms with Crippen molar-refractivity contribution in [2.45, 2.75) is 45.2 Å². The van der Waals surface area contributed by atoms with Crippen molar-refractivity contribution < 1.29 is 4.79 Å². The maximum absolute atomic E-state index is 14.0. The number of fused-ring (bicyclic) bond motifs is 4. The molecule has 170 valence electrons. The number of aryl methyl sites for hydroxylation is 2. The Labute approximate surface area is 200 Å². The van der Waals surface area contributed by atoms with Gasteiger partial charge in [0.1, 0.15) is 0 Å². The van der Waals surface area contributed by atoms with Crippen LogP contribution in [0.5, 0.6) is 0 Å². The molecule has 0 bridgehead atoms. The van der Waals surface area contributed by atoms with Crippen molar-refractivity contribution in [2.75, 3.05) is 5.32 Å². The number of hydrogen-bond donors (Lipinski definition) is 1. The minimum Gasteiger partial charge on any atom is -0.318 e. The zero-order valence-corrected chi connectivity index (χ0v) is 19.5. The van der Waals surface area contributed by atoms with E-state index in [0.29, 0.717) is 6.54 Å². The fourth-order valence-electron chi connectivity index (χ4n) is 5.52. The summed E-state index contributed by atoms with van der Waals surface area (Å²) < 4.78 is 2.23. The molecule has 4 heteroatoms. The Hall–Kier alpha value is -3.79. The molecule has 4 nitrogen and oxygen atoms in total. The number of urea groups is 1. The first-order chi connectivity index (χ1) is 16.7. The quantitative estimate of drug-likeness (QED) is 0.360. The molecule has 0 saturated heterocycles. The highest BCUT2D eigenvalue weighted by Crippen LogP contribution is 2.37. The highest BCUT2D eigenvalue weighted by Gasteiger charge is 2.33. The van der Waals surface area contributed by atoms with Crippen LogP contribution in [0.2, 0.25) is 0 Å². The topological polar surface area (TPSA) is 37.3 Å². The van der Waals surface area contributed by atoms with Gasteiger partial charge >= 0.3 is 6.03 Å². The van der Waals surface area contributed by atoms with Gasteiger partial charge in [0.15, 0.2) is 0 Å². The minimum atomic E-state index is -0.192. The lowest BCUT2D eigenvalue weighted by atomic mass is 9.90. The van der Waals surface area contributed by atoms with Crippen LogP contribution in [0, 0.1) is 6.92 Å². The van der Waals surface area contributed by atoms with Crippen molar-refractivity contribution in [3.8, 4) is 5.69 Å². The number of nitrogens with one attached hydrogen (secondary N) is 1. The zero-order valence-electron chi connectivity index (χ0n) is 19.5. The van der Waals surface area contributed by atoms with E-state index in [1.807, 2.05) is 4.90 Å². The normalized spacial score (nSPS) is 16.7. The van der Waals surface area contributed by atoms with Gasteiger partial charge in [-0.2, -0.15) is 0 Å². The molecule has 0 saturated carbocycles. The molecule has 0 spiro atoms. The number of nitrogens with zero attached hydrogens (tertiary/aromatic N) is 2. The van der Waals surface area contributed by atoms with Crippen LogP contribution >= 0.6 is 0 Å². The van der Waals surface area contributed by atoms with Crippen LogP contribution in [0.25, 0.3) is 5.69 Å². The van der Waals surface area contributed by atoms with Crippen LogP contribution in [0.1, 0.15) is 52.4 Å². The van der Waals surface area contributed by atoms with Gasteiger partial charge in [-0.15, -0.1) is 0 Å². The largest absolute Gasteiger partial charge is 0.322 e. The number of carbonyl (C=O) groups is 1. The molecular weight excluding hydrogens is 418 g/mol. The van der Waals surface area contributed by atoms with E-state index in [2.05, 4.69) is 102 Å². The Morgan fingerprint density at radius 3 is 2.53 bits per heavy atom. The number of rotatable bonds is 2. The van der Waals surface area contributed by atoms with Gasteiger partial charge in [-0.05, 0) is 79.1 Å². The van der Waals surface area contributed by atoms with E-state index in [-0.39, 0.29) is 12.1 Å². The van der Waals surface area contributed by atoms with Gasteiger partial charge in [0, 0.05) is 17.6 Å². The standard InChI is InChI=1S/C30H29N3O/c1-21-15-17-23(18-16-21)29-28-14-7-19-32(28)27-13-5-3-9-24(27)20-33(29)30(34)31-26-12-6-10-22-8-2-4-11-25(22)26/h3,5-7,9-10,12-19,29H,2,4,8,11,20H2,1H3,(H,31,34)/t29-/m1/s1. The Bertz CT molecular complexity index is 1350. The van der Waals surface area contributed by atoms with Crippen LogP contribution in [-0.4, -0.2) is 15.5 Å². The molecule has 34 heavy (non-hydrogen) atoms. The second-order valence-corrected chi connectivity index (χ2v) is 9.45. The molecule has 2 amide bonds. The first kappa shape index (κ1) is 20.8. The summed E-state index contributed by atoms with van der Waals surface area (Å²) in [5.41, 5.74) is 9.32. The van der Waals surface area contributed by atoms with Crippen LogP contribution in [0.15, 0.2) is 85.1 Å². The molecule has 2 aliphatic rings. The van der Waals surface area contributed by atoms with E-state index in [4.69, 9.17) is 0 Å². The lowest BCUT2D eigenvalue weighted by Gasteiger charge is -2.31. The highest BCUT2D eigenvalue weighted by molar-refractivity contribution is 5.91. The van der Waals surface area contributed by atoms with Gasteiger partial charge in [-0.1, -0.05) is 60.2 Å². The molecule has 0 fully saturated rings. The van der Waals surface area contributed by atoms with Gasteiger partial charge < -0.3 is 14.8 Å². The van der Waals surface area contributed by atoms with E-state index < -0.39 is 0 Å². The maximum atomic E-state index is 14.0. The molecule has 3 aromatic carbocycles. The highest BCUT2D eigenvalue weighted by atomic mass is 16.2. The summed E-state index contributed by atoms with van der Waals surface area (Å²) in [5.74, 6) is 0. The summed E-state index contributed by atoms with van der Waals surface area (Å²) in [5, 5.41) is 3.31. The molecular formula is C30H29N3O. The third-order valence-corrected chi connectivity index (χ3v) is 7.26. The molecule has 0 unspecified atom stereocenters. The van der Waals surface area contributed by atoms with Gasteiger partial charge in [0.25, 0.3) is 0 Å². The fraction of sp³-hybridized carbons (Fsp3) is 0.233. The summed E-state index contributed by atoms with van der Waals surface area (Å²) in [6.07, 6.45) is 6.62. The molecule has 1 aliphatic heterocycles. The second kappa shape index (κ2) is 8.53. The number of hydrogen-bond acceptors (Lipinski definition) is 1. The monoisotopic (exact) mass is 447 g/mol. The number of amides is 2. The number of para-hydroxylation sites is 1. The lowest BCUT2D eigenvalue weighted by Crippen LogP contribution is -2.38. The van der Waals surface area contributed by atoms with Crippen molar-refractivity contribution in [3.63, 3.8) is 0 Å². The number of anilines is 1. The predicted molar refractivity (Wildman–Crippen MR) is 136 cm³/mol. The molecule has 1 aromatic heterocycles. The summed E-state index contributed by atoms with van der Waals surface area (Å²) in [4.78, 5) is 16.0. The maximum Gasteiger partial charge on any atom is 0.322 e. The van der Waals surface area contributed by atoms with Crippen molar-refractivity contribution >= 4 is 11.7 Å². The predicted octanol–water partition coefficient (Wildman–Crippen LogP) is 6.80. The molecule has 4 aromatic rings. The summed E-state index contributed by atoms with van der Waals surface area (Å²) in [7, 11) is 0. The lowest BCUT2D eigenvalue weighted by molar-refractivity contribution is 0.194.